The second kappa shape index (κ2) is 8.68. The van der Waals surface area contributed by atoms with E-state index in [1.54, 1.807) is 19.5 Å². The van der Waals surface area contributed by atoms with Crippen LogP contribution in [-0.2, 0) is 0 Å². The van der Waals surface area contributed by atoms with Crippen molar-refractivity contribution in [2.24, 2.45) is 5.92 Å². The van der Waals surface area contributed by atoms with Gasteiger partial charge in [-0.3, -0.25) is 4.79 Å². The maximum atomic E-state index is 12.7. The van der Waals surface area contributed by atoms with Crippen molar-refractivity contribution in [2.45, 2.75) is 19.8 Å². The molecule has 2 saturated heterocycles. The molecule has 2 fully saturated rings. The van der Waals surface area contributed by atoms with Gasteiger partial charge in [0.05, 0.1) is 12.7 Å². The lowest BCUT2D eigenvalue weighted by Gasteiger charge is -2.36. The Morgan fingerprint density at radius 3 is 2.28 bits per heavy atom. The molecular weight excluding hydrogens is 366 g/mol. The van der Waals surface area contributed by atoms with E-state index < -0.39 is 0 Å². The van der Waals surface area contributed by atoms with Crippen LogP contribution in [0.5, 0.6) is 5.75 Å². The van der Waals surface area contributed by atoms with Crippen molar-refractivity contribution in [3.63, 3.8) is 0 Å². The van der Waals surface area contributed by atoms with Crippen LogP contribution in [0, 0.1) is 5.92 Å². The molecule has 3 heterocycles. The van der Waals surface area contributed by atoms with Crippen LogP contribution in [0.15, 0.2) is 36.7 Å². The minimum Gasteiger partial charge on any atom is -0.497 e. The number of nitrogens with zero attached hydrogens (tertiary/aromatic N) is 5. The third kappa shape index (κ3) is 4.44. The zero-order valence-corrected chi connectivity index (χ0v) is 17.3. The number of hydrogen-bond acceptors (Lipinski definition) is 6. The Morgan fingerprint density at radius 2 is 1.66 bits per heavy atom. The van der Waals surface area contributed by atoms with Gasteiger partial charge in [-0.05, 0) is 43.0 Å². The number of piperazine rings is 1. The standard InChI is InChI=1S/C22H29N5O2/c1-17-4-3-9-27(16-17)21(28)18-14-23-22(24-15-18)26-12-10-25(11-13-26)19-5-7-20(29-2)8-6-19/h5-8,14-15,17H,3-4,9-13,16H2,1-2H3. The Balaban J connectivity index is 1.34. The first kappa shape index (κ1) is 19.5. The minimum absolute atomic E-state index is 0.0485. The molecular formula is C22H29N5O2. The summed E-state index contributed by atoms with van der Waals surface area (Å²) in [4.78, 5) is 28.1. The third-order valence-electron chi connectivity index (χ3n) is 5.83. The fraction of sp³-hybridized carbons (Fsp3) is 0.500. The van der Waals surface area contributed by atoms with Gasteiger partial charge in [-0.15, -0.1) is 0 Å². The fourth-order valence-corrected chi connectivity index (χ4v) is 4.11. The van der Waals surface area contributed by atoms with Gasteiger partial charge in [0, 0.05) is 57.3 Å². The van der Waals surface area contributed by atoms with Gasteiger partial charge < -0.3 is 19.4 Å². The molecule has 0 radical (unpaired) electrons. The van der Waals surface area contributed by atoms with E-state index in [9.17, 15) is 4.79 Å². The van der Waals surface area contributed by atoms with Gasteiger partial charge in [-0.1, -0.05) is 6.92 Å². The molecule has 0 aliphatic carbocycles. The van der Waals surface area contributed by atoms with Crippen LogP contribution >= 0.6 is 0 Å². The van der Waals surface area contributed by atoms with Crippen molar-refractivity contribution in [2.75, 3.05) is 56.2 Å². The van der Waals surface area contributed by atoms with Gasteiger partial charge in [0.2, 0.25) is 5.95 Å². The van der Waals surface area contributed by atoms with Crippen LogP contribution in [-0.4, -0.2) is 67.2 Å². The number of carbonyl (C=O) groups excluding carboxylic acids is 1. The first-order valence-electron chi connectivity index (χ1n) is 10.4. The summed E-state index contributed by atoms with van der Waals surface area (Å²) >= 11 is 0. The number of piperidine rings is 1. The number of benzene rings is 1. The summed E-state index contributed by atoms with van der Waals surface area (Å²) in [5.74, 6) is 2.18. The highest BCUT2D eigenvalue weighted by Crippen LogP contribution is 2.22. The highest BCUT2D eigenvalue weighted by atomic mass is 16.5. The average molecular weight is 396 g/mol. The molecule has 0 bridgehead atoms. The zero-order valence-electron chi connectivity index (χ0n) is 17.3. The van der Waals surface area contributed by atoms with Crippen LogP contribution in [0.3, 0.4) is 0 Å². The Morgan fingerprint density at radius 1 is 1.00 bits per heavy atom. The minimum atomic E-state index is 0.0485. The monoisotopic (exact) mass is 395 g/mol. The number of likely N-dealkylation sites (tertiary alicyclic amines) is 1. The van der Waals surface area contributed by atoms with Crippen LogP contribution in [0.1, 0.15) is 30.1 Å². The van der Waals surface area contributed by atoms with E-state index in [0.717, 1.165) is 51.4 Å². The van der Waals surface area contributed by atoms with E-state index in [1.807, 2.05) is 17.0 Å². The summed E-state index contributed by atoms with van der Waals surface area (Å²) in [6.07, 6.45) is 5.63. The summed E-state index contributed by atoms with van der Waals surface area (Å²) in [7, 11) is 1.68. The summed E-state index contributed by atoms with van der Waals surface area (Å²) < 4.78 is 5.23. The molecule has 4 rings (SSSR count). The lowest BCUT2D eigenvalue weighted by atomic mass is 10.00. The van der Waals surface area contributed by atoms with Gasteiger partial charge in [0.15, 0.2) is 0 Å². The van der Waals surface area contributed by atoms with Crippen LogP contribution in [0.4, 0.5) is 11.6 Å². The fourth-order valence-electron chi connectivity index (χ4n) is 4.11. The molecule has 2 aliphatic heterocycles. The van der Waals surface area contributed by atoms with Crippen LogP contribution < -0.4 is 14.5 Å². The molecule has 2 aliphatic rings. The van der Waals surface area contributed by atoms with E-state index in [2.05, 4.69) is 38.8 Å². The maximum absolute atomic E-state index is 12.7. The predicted octanol–water partition coefficient (Wildman–Crippen LogP) is 2.68. The number of anilines is 2. The first-order chi connectivity index (χ1) is 14.1. The number of rotatable bonds is 4. The predicted molar refractivity (Wildman–Crippen MR) is 114 cm³/mol. The molecule has 7 heteroatoms. The van der Waals surface area contributed by atoms with E-state index in [1.165, 1.54) is 12.1 Å². The summed E-state index contributed by atoms with van der Waals surface area (Å²) in [5.41, 5.74) is 1.78. The average Bonchev–Trinajstić information content (AvgIpc) is 2.79. The first-order valence-corrected chi connectivity index (χ1v) is 10.4. The molecule has 1 unspecified atom stereocenters. The van der Waals surface area contributed by atoms with Gasteiger partial charge in [0.25, 0.3) is 5.91 Å². The molecule has 1 atom stereocenters. The second-order valence-corrected chi connectivity index (χ2v) is 7.94. The van der Waals surface area contributed by atoms with Gasteiger partial charge >= 0.3 is 0 Å². The Labute approximate surface area is 172 Å². The van der Waals surface area contributed by atoms with Crippen molar-refractivity contribution >= 4 is 17.5 Å². The number of methoxy groups -OCH3 is 1. The number of hydrogen-bond donors (Lipinski definition) is 0. The number of amides is 1. The molecule has 0 spiro atoms. The highest BCUT2D eigenvalue weighted by molar-refractivity contribution is 5.93. The molecule has 1 aromatic heterocycles. The second-order valence-electron chi connectivity index (χ2n) is 7.94. The highest BCUT2D eigenvalue weighted by Gasteiger charge is 2.24. The quantitative estimate of drug-likeness (QED) is 0.793. The summed E-state index contributed by atoms with van der Waals surface area (Å²) in [6.45, 7) is 7.37. The largest absolute Gasteiger partial charge is 0.497 e. The normalized spacial score (nSPS) is 19.9. The topological polar surface area (TPSA) is 61.8 Å². The van der Waals surface area contributed by atoms with Crippen molar-refractivity contribution in [1.82, 2.24) is 14.9 Å². The van der Waals surface area contributed by atoms with E-state index in [-0.39, 0.29) is 5.91 Å². The molecule has 0 saturated carbocycles. The van der Waals surface area contributed by atoms with E-state index >= 15 is 0 Å². The van der Waals surface area contributed by atoms with Gasteiger partial charge in [0.1, 0.15) is 5.75 Å². The SMILES string of the molecule is COc1ccc(N2CCN(c3ncc(C(=O)N4CCCC(C)C4)cn3)CC2)cc1. The van der Waals surface area contributed by atoms with Crippen molar-refractivity contribution in [3.8, 4) is 5.75 Å². The zero-order chi connectivity index (χ0) is 20.2. The van der Waals surface area contributed by atoms with E-state index in [0.29, 0.717) is 17.4 Å². The van der Waals surface area contributed by atoms with E-state index in [4.69, 9.17) is 4.74 Å². The number of aromatic nitrogens is 2. The molecule has 1 aromatic carbocycles. The Bertz CT molecular complexity index is 816. The van der Waals surface area contributed by atoms with Crippen molar-refractivity contribution in [3.05, 3.63) is 42.2 Å². The maximum Gasteiger partial charge on any atom is 0.257 e. The lowest BCUT2D eigenvalue weighted by molar-refractivity contribution is 0.0682. The molecule has 1 amide bonds. The molecule has 2 aromatic rings. The molecule has 154 valence electrons. The van der Waals surface area contributed by atoms with Crippen LogP contribution in [0.2, 0.25) is 0 Å². The van der Waals surface area contributed by atoms with Crippen molar-refractivity contribution in [1.29, 1.82) is 0 Å². The lowest BCUT2D eigenvalue weighted by Crippen LogP contribution is -2.47. The summed E-state index contributed by atoms with van der Waals surface area (Å²) in [5, 5.41) is 0. The van der Waals surface area contributed by atoms with Gasteiger partial charge in [-0.25, -0.2) is 9.97 Å². The Kier molecular flexibility index (Phi) is 5.83. The summed E-state index contributed by atoms with van der Waals surface area (Å²) in [6, 6.07) is 8.16. The number of carbonyl (C=O) groups is 1. The van der Waals surface area contributed by atoms with Crippen LogP contribution in [0.25, 0.3) is 0 Å². The van der Waals surface area contributed by atoms with Gasteiger partial charge in [-0.2, -0.15) is 0 Å². The smallest absolute Gasteiger partial charge is 0.257 e. The third-order valence-corrected chi connectivity index (χ3v) is 5.83. The number of ether oxygens (including phenoxy) is 1. The molecule has 29 heavy (non-hydrogen) atoms. The molecule has 7 nitrogen and oxygen atoms in total. The van der Waals surface area contributed by atoms with Crippen molar-refractivity contribution < 1.29 is 9.53 Å². The Hall–Kier alpha value is -2.83. The molecule has 0 N–H and O–H groups in total.